The smallest absolute Gasteiger partial charge is 0.261 e. The van der Waals surface area contributed by atoms with Crippen molar-refractivity contribution >= 4 is 29.3 Å². The Labute approximate surface area is 150 Å². The molecule has 7 nitrogen and oxygen atoms in total. The molecule has 2 aromatic rings. The molecule has 3 rings (SSSR count). The number of rotatable bonds is 3. The van der Waals surface area contributed by atoms with E-state index in [-0.39, 0.29) is 28.5 Å². The van der Waals surface area contributed by atoms with Crippen molar-refractivity contribution in [2.75, 3.05) is 19.4 Å². The Morgan fingerprint density at radius 2 is 1.50 bits per heavy atom. The molecule has 0 saturated carbocycles. The maximum Gasteiger partial charge on any atom is 0.261 e. The van der Waals surface area contributed by atoms with E-state index in [2.05, 4.69) is 10.6 Å². The summed E-state index contributed by atoms with van der Waals surface area (Å²) < 4.78 is 0. The van der Waals surface area contributed by atoms with Gasteiger partial charge in [0.15, 0.2) is 0 Å². The van der Waals surface area contributed by atoms with Crippen LogP contribution >= 0.6 is 0 Å². The summed E-state index contributed by atoms with van der Waals surface area (Å²) in [7, 11) is 2.93. The second-order valence-corrected chi connectivity index (χ2v) is 5.99. The third-order valence-corrected chi connectivity index (χ3v) is 4.33. The summed E-state index contributed by atoms with van der Waals surface area (Å²) in [6.07, 6.45) is 0. The lowest BCUT2D eigenvalue weighted by Crippen LogP contribution is -2.24. The van der Waals surface area contributed by atoms with E-state index in [1.165, 1.54) is 32.3 Å². The number of anilines is 1. The molecule has 1 aliphatic rings. The number of benzene rings is 2. The van der Waals surface area contributed by atoms with Crippen molar-refractivity contribution in [2.24, 2.45) is 0 Å². The van der Waals surface area contributed by atoms with E-state index in [0.717, 1.165) is 10.5 Å². The fourth-order valence-electron chi connectivity index (χ4n) is 2.74. The Morgan fingerprint density at radius 1 is 0.885 bits per heavy atom. The minimum absolute atomic E-state index is 0.209. The third kappa shape index (κ3) is 2.83. The highest BCUT2D eigenvalue weighted by Gasteiger charge is 2.33. The van der Waals surface area contributed by atoms with Gasteiger partial charge in [-0.3, -0.25) is 24.1 Å². The number of aryl methyl sites for hydroxylation is 1. The molecule has 132 valence electrons. The van der Waals surface area contributed by atoms with Crippen molar-refractivity contribution in [3.63, 3.8) is 0 Å². The molecule has 0 fully saturated rings. The van der Waals surface area contributed by atoms with Crippen molar-refractivity contribution in [1.82, 2.24) is 10.2 Å². The van der Waals surface area contributed by atoms with E-state index >= 15 is 0 Å². The minimum atomic E-state index is -0.433. The molecule has 2 aromatic carbocycles. The topological polar surface area (TPSA) is 95.6 Å². The van der Waals surface area contributed by atoms with Crippen LogP contribution in [0.1, 0.15) is 47.0 Å². The fourth-order valence-corrected chi connectivity index (χ4v) is 2.74. The maximum atomic E-state index is 12.6. The minimum Gasteiger partial charge on any atom is -0.355 e. The SMILES string of the molecule is CNC(=O)c1ccc(C)c(NC(=O)c2ccc3c(c2)C(=O)N(C)C3=O)c1. The first-order valence-electron chi connectivity index (χ1n) is 7.94. The summed E-state index contributed by atoms with van der Waals surface area (Å²) in [6.45, 7) is 1.81. The van der Waals surface area contributed by atoms with Gasteiger partial charge >= 0.3 is 0 Å². The number of amides is 4. The van der Waals surface area contributed by atoms with E-state index in [0.29, 0.717) is 11.3 Å². The Bertz CT molecular complexity index is 965. The molecule has 0 saturated heterocycles. The van der Waals surface area contributed by atoms with Crippen LogP contribution in [0.4, 0.5) is 5.69 Å². The second-order valence-electron chi connectivity index (χ2n) is 5.99. The lowest BCUT2D eigenvalue weighted by molar-refractivity contribution is 0.0692. The van der Waals surface area contributed by atoms with Crippen LogP contribution in [0, 0.1) is 6.92 Å². The van der Waals surface area contributed by atoms with Crippen molar-refractivity contribution in [3.05, 3.63) is 64.2 Å². The molecule has 0 radical (unpaired) electrons. The van der Waals surface area contributed by atoms with Gasteiger partial charge in [-0.15, -0.1) is 0 Å². The van der Waals surface area contributed by atoms with Crippen LogP contribution < -0.4 is 10.6 Å². The number of hydrogen-bond acceptors (Lipinski definition) is 4. The molecule has 7 heteroatoms. The molecule has 1 aliphatic heterocycles. The zero-order chi connectivity index (χ0) is 19.0. The van der Waals surface area contributed by atoms with Crippen LogP contribution in [0.15, 0.2) is 36.4 Å². The summed E-state index contributed by atoms with van der Waals surface area (Å²) in [4.78, 5) is 49.3. The van der Waals surface area contributed by atoms with E-state index in [1.807, 2.05) is 6.92 Å². The number of imide groups is 1. The van der Waals surface area contributed by atoms with Gasteiger partial charge < -0.3 is 10.6 Å². The summed E-state index contributed by atoms with van der Waals surface area (Å²) >= 11 is 0. The summed E-state index contributed by atoms with van der Waals surface area (Å²) in [5.41, 5.74) is 2.46. The normalized spacial score (nSPS) is 12.8. The zero-order valence-electron chi connectivity index (χ0n) is 14.5. The largest absolute Gasteiger partial charge is 0.355 e. The van der Waals surface area contributed by atoms with Crippen molar-refractivity contribution in [1.29, 1.82) is 0 Å². The first-order valence-corrected chi connectivity index (χ1v) is 7.94. The number of fused-ring (bicyclic) bond motifs is 1. The van der Waals surface area contributed by atoms with Crippen LogP contribution in [-0.2, 0) is 0 Å². The van der Waals surface area contributed by atoms with Gasteiger partial charge in [-0.05, 0) is 42.8 Å². The van der Waals surface area contributed by atoms with E-state index < -0.39 is 11.8 Å². The lowest BCUT2D eigenvalue weighted by atomic mass is 10.0. The average Bonchev–Trinajstić information content (AvgIpc) is 2.86. The van der Waals surface area contributed by atoms with Crippen LogP contribution in [-0.4, -0.2) is 42.6 Å². The van der Waals surface area contributed by atoms with Crippen LogP contribution in [0.2, 0.25) is 0 Å². The molecule has 2 N–H and O–H groups in total. The molecule has 1 heterocycles. The van der Waals surface area contributed by atoms with Gasteiger partial charge in [0.1, 0.15) is 0 Å². The molecule has 0 atom stereocenters. The molecule has 0 spiro atoms. The van der Waals surface area contributed by atoms with Gasteiger partial charge in [0.2, 0.25) is 0 Å². The van der Waals surface area contributed by atoms with Gasteiger partial charge in [-0.2, -0.15) is 0 Å². The number of carbonyl (C=O) groups is 4. The first-order chi connectivity index (χ1) is 12.3. The van der Waals surface area contributed by atoms with Crippen molar-refractivity contribution in [2.45, 2.75) is 6.92 Å². The van der Waals surface area contributed by atoms with Gasteiger partial charge in [-0.1, -0.05) is 6.07 Å². The highest BCUT2D eigenvalue weighted by molar-refractivity contribution is 6.22. The van der Waals surface area contributed by atoms with Crippen LogP contribution in [0.3, 0.4) is 0 Å². The number of hydrogen-bond donors (Lipinski definition) is 2. The number of nitrogens with zero attached hydrogens (tertiary/aromatic N) is 1. The lowest BCUT2D eigenvalue weighted by Gasteiger charge is -2.11. The van der Waals surface area contributed by atoms with Gasteiger partial charge in [0.25, 0.3) is 23.6 Å². The number of nitrogens with one attached hydrogen (secondary N) is 2. The molecular formula is C19H17N3O4. The van der Waals surface area contributed by atoms with Crippen molar-refractivity contribution < 1.29 is 19.2 Å². The molecule has 4 amide bonds. The zero-order valence-corrected chi connectivity index (χ0v) is 14.5. The molecular weight excluding hydrogens is 334 g/mol. The summed E-state index contributed by atoms with van der Waals surface area (Å²) in [5, 5.41) is 5.27. The third-order valence-electron chi connectivity index (χ3n) is 4.33. The van der Waals surface area contributed by atoms with Gasteiger partial charge in [0.05, 0.1) is 11.1 Å². The van der Waals surface area contributed by atoms with E-state index in [4.69, 9.17) is 0 Å². The Morgan fingerprint density at radius 3 is 2.19 bits per heavy atom. The van der Waals surface area contributed by atoms with Crippen molar-refractivity contribution in [3.8, 4) is 0 Å². The highest BCUT2D eigenvalue weighted by atomic mass is 16.2. The molecule has 26 heavy (non-hydrogen) atoms. The molecule has 0 aliphatic carbocycles. The predicted molar refractivity (Wildman–Crippen MR) is 95.4 cm³/mol. The van der Waals surface area contributed by atoms with E-state index in [1.54, 1.807) is 18.2 Å². The molecule has 0 unspecified atom stereocenters. The quantitative estimate of drug-likeness (QED) is 0.825. The standard InChI is InChI=1S/C19H17N3O4/c1-10-4-5-12(16(23)20-2)9-15(10)21-17(24)11-6-7-13-14(8-11)19(26)22(3)18(13)25/h4-9H,1-3H3,(H,20,23)(H,21,24). The molecule has 0 bridgehead atoms. The van der Waals surface area contributed by atoms with Crippen LogP contribution in [0.25, 0.3) is 0 Å². The highest BCUT2D eigenvalue weighted by Crippen LogP contribution is 2.24. The summed E-state index contributed by atoms with van der Waals surface area (Å²) in [5.74, 6) is -1.51. The maximum absolute atomic E-state index is 12.6. The number of carbonyl (C=O) groups excluding carboxylic acids is 4. The van der Waals surface area contributed by atoms with Gasteiger partial charge in [-0.25, -0.2) is 0 Å². The summed E-state index contributed by atoms with van der Waals surface area (Å²) in [6, 6.07) is 9.37. The Kier molecular flexibility index (Phi) is 4.29. The monoisotopic (exact) mass is 351 g/mol. The fraction of sp³-hybridized carbons (Fsp3) is 0.158. The first kappa shape index (κ1) is 17.3. The van der Waals surface area contributed by atoms with Gasteiger partial charge in [0, 0.05) is 30.9 Å². The van der Waals surface area contributed by atoms with Crippen LogP contribution in [0.5, 0.6) is 0 Å². The Balaban J connectivity index is 1.89. The second kappa shape index (κ2) is 6.44. The van der Waals surface area contributed by atoms with E-state index in [9.17, 15) is 19.2 Å². The molecule has 0 aromatic heterocycles. The average molecular weight is 351 g/mol. The Hall–Kier alpha value is -3.48. The predicted octanol–water partition coefficient (Wildman–Crippen LogP) is 1.83.